The van der Waals surface area contributed by atoms with Crippen molar-refractivity contribution in [3.63, 3.8) is 0 Å². The van der Waals surface area contributed by atoms with Crippen molar-refractivity contribution in [1.82, 2.24) is 9.78 Å². The van der Waals surface area contributed by atoms with Crippen molar-refractivity contribution in [2.75, 3.05) is 5.43 Å². The molecule has 0 saturated heterocycles. The highest BCUT2D eigenvalue weighted by Gasteiger charge is 1.98. The van der Waals surface area contributed by atoms with E-state index in [-0.39, 0.29) is 24.8 Å². The number of hydrogen-bond donors (Lipinski definition) is 2. The summed E-state index contributed by atoms with van der Waals surface area (Å²) < 4.78 is 1.84. The number of nitrogen functional groups attached to an aromatic ring is 1. The lowest BCUT2D eigenvalue weighted by molar-refractivity contribution is 0.534. The maximum atomic E-state index is 5.14. The summed E-state index contributed by atoms with van der Waals surface area (Å²) in [4.78, 5) is 0. The van der Waals surface area contributed by atoms with Crippen LogP contribution >= 0.6 is 24.8 Å². The van der Waals surface area contributed by atoms with Crippen molar-refractivity contribution in [1.29, 1.82) is 0 Å². The van der Waals surface area contributed by atoms with Crippen LogP contribution in [0.2, 0.25) is 0 Å². The molecule has 0 spiro atoms. The Morgan fingerprint density at radius 1 is 1.50 bits per heavy atom. The van der Waals surface area contributed by atoms with Crippen LogP contribution in [0.5, 0.6) is 0 Å². The number of anilines is 1. The maximum Gasteiger partial charge on any atom is 0.161 e. The van der Waals surface area contributed by atoms with E-state index < -0.39 is 0 Å². The quantitative estimate of drug-likeness (QED) is 0.579. The van der Waals surface area contributed by atoms with Crippen LogP contribution in [0, 0.1) is 0 Å². The molecule has 1 heterocycles. The minimum Gasteiger partial charge on any atom is -0.307 e. The summed E-state index contributed by atoms with van der Waals surface area (Å²) in [7, 11) is 0. The zero-order valence-electron chi connectivity index (χ0n) is 7.02. The standard InChI is InChI=1S/C6H12N4.2ClH/c1-5(2)10-4-3-6(8-7)9-10;;/h3-5H,7H2,1-2H3,(H,8,9);2*1H. The number of rotatable bonds is 2. The van der Waals surface area contributed by atoms with Gasteiger partial charge in [0.15, 0.2) is 5.82 Å². The van der Waals surface area contributed by atoms with Crippen LogP contribution in [-0.4, -0.2) is 9.78 Å². The van der Waals surface area contributed by atoms with Crippen LogP contribution < -0.4 is 11.3 Å². The second kappa shape index (κ2) is 6.11. The number of halogens is 2. The Bertz CT molecular complexity index is 211. The van der Waals surface area contributed by atoms with Crippen molar-refractivity contribution in [2.24, 2.45) is 5.84 Å². The average molecular weight is 213 g/mol. The van der Waals surface area contributed by atoms with E-state index in [1.165, 1.54) is 0 Å². The number of nitrogens with two attached hydrogens (primary N) is 1. The lowest BCUT2D eigenvalue weighted by atomic mass is 10.4. The van der Waals surface area contributed by atoms with E-state index >= 15 is 0 Å². The number of hydrazine groups is 1. The zero-order chi connectivity index (χ0) is 7.56. The lowest BCUT2D eigenvalue weighted by Crippen LogP contribution is -2.08. The van der Waals surface area contributed by atoms with Gasteiger partial charge in [0.25, 0.3) is 0 Å². The SMILES string of the molecule is CC(C)n1ccc(NN)n1.Cl.Cl. The Labute approximate surface area is 84.3 Å². The van der Waals surface area contributed by atoms with E-state index in [9.17, 15) is 0 Å². The summed E-state index contributed by atoms with van der Waals surface area (Å²) in [6.07, 6.45) is 1.89. The molecule has 4 nitrogen and oxygen atoms in total. The van der Waals surface area contributed by atoms with Crippen LogP contribution in [0.25, 0.3) is 0 Å². The molecule has 72 valence electrons. The average Bonchev–Trinajstić information content (AvgIpc) is 2.34. The molecule has 0 atom stereocenters. The first-order valence-electron chi connectivity index (χ1n) is 3.26. The van der Waals surface area contributed by atoms with Gasteiger partial charge in [-0.2, -0.15) is 5.10 Å². The molecule has 0 bridgehead atoms. The Morgan fingerprint density at radius 2 is 2.08 bits per heavy atom. The molecule has 6 heteroatoms. The fourth-order valence-electron chi connectivity index (χ4n) is 0.703. The third-order valence-corrected chi connectivity index (χ3v) is 1.29. The van der Waals surface area contributed by atoms with Crippen LogP contribution in [0.1, 0.15) is 19.9 Å². The first-order valence-corrected chi connectivity index (χ1v) is 3.26. The molecule has 0 radical (unpaired) electrons. The molecule has 12 heavy (non-hydrogen) atoms. The van der Waals surface area contributed by atoms with Gasteiger partial charge in [0.2, 0.25) is 0 Å². The van der Waals surface area contributed by atoms with Crippen LogP contribution in [0.4, 0.5) is 5.82 Å². The number of hydrogen-bond acceptors (Lipinski definition) is 3. The van der Waals surface area contributed by atoms with Crippen molar-refractivity contribution in [2.45, 2.75) is 19.9 Å². The van der Waals surface area contributed by atoms with Gasteiger partial charge in [-0.1, -0.05) is 0 Å². The fourth-order valence-corrected chi connectivity index (χ4v) is 0.703. The van der Waals surface area contributed by atoms with Gasteiger partial charge in [-0.15, -0.1) is 24.8 Å². The molecular formula is C6H14Cl2N4. The summed E-state index contributed by atoms with van der Waals surface area (Å²) >= 11 is 0. The molecule has 3 N–H and O–H groups in total. The van der Waals surface area contributed by atoms with Crippen LogP contribution in [0.15, 0.2) is 12.3 Å². The highest BCUT2D eigenvalue weighted by atomic mass is 35.5. The maximum absolute atomic E-state index is 5.14. The van der Waals surface area contributed by atoms with Crippen molar-refractivity contribution in [3.05, 3.63) is 12.3 Å². The molecule has 1 aromatic rings. The lowest BCUT2D eigenvalue weighted by Gasteiger charge is -2.02. The highest BCUT2D eigenvalue weighted by Crippen LogP contribution is 2.05. The molecule has 0 aliphatic rings. The third kappa shape index (κ3) is 3.30. The monoisotopic (exact) mass is 212 g/mol. The predicted molar refractivity (Wildman–Crippen MR) is 54.9 cm³/mol. The Morgan fingerprint density at radius 3 is 2.33 bits per heavy atom. The van der Waals surface area contributed by atoms with E-state index in [2.05, 4.69) is 24.4 Å². The highest BCUT2D eigenvalue weighted by molar-refractivity contribution is 5.85. The fraction of sp³-hybridized carbons (Fsp3) is 0.500. The van der Waals surface area contributed by atoms with Crippen molar-refractivity contribution < 1.29 is 0 Å². The molecule has 0 fully saturated rings. The minimum atomic E-state index is 0. The van der Waals surface area contributed by atoms with Gasteiger partial charge in [0.05, 0.1) is 0 Å². The van der Waals surface area contributed by atoms with Gasteiger partial charge in [0, 0.05) is 18.3 Å². The molecule has 0 unspecified atom stereocenters. The van der Waals surface area contributed by atoms with Gasteiger partial charge >= 0.3 is 0 Å². The van der Waals surface area contributed by atoms with E-state index in [4.69, 9.17) is 5.84 Å². The van der Waals surface area contributed by atoms with E-state index in [1.54, 1.807) is 0 Å². The summed E-state index contributed by atoms with van der Waals surface area (Å²) in [5, 5.41) is 4.11. The van der Waals surface area contributed by atoms with Crippen LogP contribution in [-0.2, 0) is 0 Å². The van der Waals surface area contributed by atoms with Crippen LogP contribution in [0.3, 0.4) is 0 Å². The minimum absolute atomic E-state index is 0. The normalized spacial score (nSPS) is 8.67. The molecule has 0 amide bonds. The van der Waals surface area contributed by atoms with E-state index in [0.29, 0.717) is 11.9 Å². The Hall–Kier alpha value is -0.450. The Balaban J connectivity index is 0. The second-order valence-corrected chi connectivity index (χ2v) is 2.42. The topological polar surface area (TPSA) is 55.9 Å². The Kier molecular flexibility index (Phi) is 7.18. The van der Waals surface area contributed by atoms with Gasteiger partial charge in [-0.3, -0.25) is 4.68 Å². The van der Waals surface area contributed by atoms with Gasteiger partial charge in [-0.05, 0) is 13.8 Å². The largest absolute Gasteiger partial charge is 0.307 e. The molecule has 1 aromatic heterocycles. The van der Waals surface area contributed by atoms with Crippen molar-refractivity contribution in [3.8, 4) is 0 Å². The molecule has 0 saturated carbocycles. The van der Waals surface area contributed by atoms with E-state index in [0.717, 1.165) is 0 Å². The second-order valence-electron chi connectivity index (χ2n) is 2.42. The first-order chi connectivity index (χ1) is 4.74. The number of nitrogens with one attached hydrogen (secondary N) is 1. The molecule has 0 aliphatic heterocycles. The van der Waals surface area contributed by atoms with Gasteiger partial charge in [-0.25, -0.2) is 5.84 Å². The summed E-state index contributed by atoms with van der Waals surface area (Å²) in [5.74, 6) is 5.84. The molecule has 1 rings (SSSR count). The van der Waals surface area contributed by atoms with Crippen molar-refractivity contribution >= 4 is 30.6 Å². The van der Waals surface area contributed by atoms with Gasteiger partial charge < -0.3 is 5.43 Å². The third-order valence-electron chi connectivity index (χ3n) is 1.29. The molecule has 0 aromatic carbocycles. The zero-order valence-corrected chi connectivity index (χ0v) is 8.65. The summed E-state index contributed by atoms with van der Waals surface area (Å²) in [5.41, 5.74) is 2.47. The number of aromatic nitrogens is 2. The molecule has 0 aliphatic carbocycles. The number of nitrogens with zero attached hydrogens (tertiary/aromatic N) is 2. The van der Waals surface area contributed by atoms with E-state index in [1.807, 2.05) is 16.9 Å². The summed E-state index contributed by atoms with van der Waals surface area (Å²) in [6.45, 7) is 4.13. The first kappa shape index (κ1) is 14.1. The smallest absolute Gasteiger partial charge is 0.161 e. The predicted octanol–water partition coefficient (Wildman–Crippen LogP) is 1.59. The van der Waals surface area contributed by atoms with Gasteiger partial charge in [0.1, 0.15) is 0 Å². The molecular weight excluding hydrogens is 199 g/mol. The summed E-state index contributed by atoms with van der Waals surface area (Å²) in [6, 6.07) is 2.22.